The first-order chi connectivity index (χ1) is 12.6. The number of primary sulfonamides is 1. The minimum absolute atomic E-state index is 0.110. The SMILES string of the molecule is COc1ccc(CNC(=O)C(C)Oc2ccc(Cl)cc2C)cc1S(N)(=O)=O. The molecule has 0 aliphatic carbocycles. The largest absolute Gasteiger partial charge is 0.495 e. The van der Waals surface area contributed by atoms with Gasteiger partial charge in [0.2, 0.25) is 10.0 Å². The normalized spacial score (nSPS) is 12.3. The van der Waals surface area contributed by atoms with Crippen molar-refractivity contribution < 1.29 is 22.7 Å². The van der Waals surface area contributed by atoms with Gasteiger partial charge in [0.1, 0.15) is 16.4 Å². The molecule has 0 spiro atoms. The number of sulfonamides is 1. The number of hydrogen-bond donors (Lipinski definition) is 2. The van der Waals surface area contributed by atoms with Gasteiger partial charge in [-0.15, -0.1) is 0 Å². The number of rotatable bonds is 7. The highest BCUT2D eigenvalue weighted by Crippen LogP contribution is 2.24. The van der Waals surface area contributed by atoms with Crippen LogP contribution in [-0.2, 0) is 21.4 Å². The lowest BCUT2D eigenvalue weighted by molar-refractivity contribution is -0.127. The number of carbonyl (C=O) groups excluding carboxylic acids is 1. The standard InChI is InChI=1S/C18H21ClN2O5S/c1-11-8-14(19)5-7-15(11)26-12(2)18(22)21-10-13-4-6-16(25-3)17(9-13)27(20,23)24/h4-9,12H,10H2,1-3H3,(H,21,22)(H2,20,23,24). The smallest absolute Gasteiger partial charge is 0.261 e. The molecule has 146 valence electrons. The van der Waals surface area contributed by atoms with Crippen LogP contribution in [0, 0.1) is 6.92 Å². The quantitative estimate of drug-likeness (QED) is 0.725. The van der Waals surface area contributed by atoms with Crippen LogP contribution in [0.2, 0.25) is 5.02 Å². The number of halogens is 1. The molecule has 0 aliphatic rings. The Balaban J connectivity index is 2.04. The summed E-state index contributed by atoms with van der Waals surface area (Å²) < 4.78 is 34.0. The van der Waals surface area contributed by atoms with Crippen LogP contribution in [0.15, 0.2) is 41.3 Å². The van der Waals surface area contributed by atoms with Crippen molar-refractivity contribution >= 4 is 27.5 Å². The zero-order valence-corrected chi connectivity index (χ0v) is 16.7. The number of carbonyl (C=O) groups is 1. The van der Waals surface area contributed by atoms with Gasteiger partial charge >= 0.3 is 0 Å². The van der Waals surface area contributed by atoms with Crippen LogP contribution in [-0.4, -0.2) is 27.5 Å². The van der Waals surface area contributed by atoms with Crippen LogP contribution >= 0.6 is 11.6 Å². The summed E-state index contributed by atoms with van der Waals surface area (Å²) in [5.74, 6) is 0.350. The zero-order valence-electron chi connectivity index (χ0n) is 15.2. The Kier molecular flexibility index (Phi) is 6.69. The molecule has 0 fully saturated rings. The Labute approximate surface area is 163 Å². The Morgan fingerprint density at radius 1 is 1.22 bits per heavy atom. The molecule has 2 rings (SSSR count). The molecule has 2 aromatic carbocycles. The van der Waals surface area contributed by atoms with Crippen molar-refractivity contribution in [1.29, 1.82) is 0 Å². The second kappa shape index (κ2) is 8.60. The summed E-state index contributed by atoms with van der Waals surface area (Å²) in [4.78, 5) is 12.1. The topological polar surface area (TPSA) is 108 Å². The first-order valence-corrected chi connectivity index (χ1v) is 9.94. The first kappa shape index (κ1) is 21.0. The van der Waals surface area contributed by atoms with E-state index in [1.807, 2.05) is 6.92 Å². The van der Waals surface area contributed by atoms with Crippen LogP contribution in [0.4, 0.5) is 0 Å². The molecule has 7 nitrogen and oxygen atoms in total. The fraction of sp³-hybridized carbons (Fsp3) is 0.278. The predicted molar refractivity (Wildman–Crippen MR) is 102 cm³/mol. The van der Waals surface area contributed by atoms with Gasteiger partial charge in [-0.3, -0.25) is 4.79 Å². The Hall–Kier alpha value is -2.29. The summed E-state index contributed by atoms with van der Waals surface area (Å²) in [5, 5.41) is 8.48. The van der Waals surface area contributed by atoms with Crippen LogP contribution < -0.4 is 19.9 Å². The van der Waals surface area contributed by atoms with Crippen LogP contribution in [0.5, 0.6) is 11.5 Å². The molecule has 3 N–H and O–H groups in total. The lowest BCUT2D eigenvalue weighted by atomic mass is 10.2. The molecular formula is C18H21ClN2O5S. The maximum absolute atomic E-state index is 12.3. The number of nitrogens with two attached hydrogens (primary N) is 1. The molecule has 0 aliphatic heterocycles. The second-order valence-corrected chi connectivity index (χ2v) is 7.88. The van der Waals surface area contributed by atoms with Crippen molar-refractivity contribution in [2.24, 2.45) is 5.14 Å². The number of aryl methyl sites for hydroxylation is 1. The highest BCUT2D eigenvalue weighted by atomic mass is 35.5. The average molecular weight is 413 g/mol. The highest BCUT2D eigenvalue weighted by Gasteiger charge is 2.18. The van der Waals surface area contributed by atoms with Gasteiger partial charge in [-0.05, 0) is 55.3 Å². The van der Waals surface area contributed by atoms with Gasteiger partial charge < -0.3 is 14.8 Å². The number of amides is 1. The summed E-state index contributed by atoms with van der Waals surface area (Å²) in [7, 11) is -2.59. The number of hydrogen-bond acceptors (Lipinski definition) is 5. The minimum atomic E-state index is -3.95. The molecule has 0 aromatic heterocycles. The van der Waals surface area contributed by atoms with E-state index < -0.39 is 16.1 Å². The summed E-state index contributed by atoms with van der Waals surface area (Å²) in [6, 6.07) is 9.61. The van der Waals surface area contributed by atoms with Gasteiger partial charge in [0, 0.05) is 11.6 Å². The van der Waals surface area contributed by atoms with E-state index in [0.717, 1.165) is 5.56 Å². The fourth-order valence-electron chi connectivity index (χ4n) is 2.38. The molecule has 1 unspecified atom stereocenters. The summed E-state index contributed by atoms with van der Waals surface area (Å²) in [5.41, 5.74) is 1.37. The van der Waals surface area contributed by atoms with Gasteiger partial charge in [0.15, 0.2) is 6.10 Å². The molecule has 0 heterocycles. The van der Waals surface area contributed by atoms with Gasteiger partial charge in [0.25, 0.3) is 5.91 Å². The molecular weight excluding hydrogens is 392 g/mol. The van der Waals surface area contributed by atoms with Gasteiger partial charge in [0.05, 0.1) is 7.11 Å². The van der Waals surface area contributed by atoms with Crippen LogP contribution in [0.1, 0.15) is 18.1 Å². The Morgan fingerprint density at radius 2 is 1.89 bits per heavy atom. The summed E-state index contributed by atoms with van der Waals surface area (Å²) in [6.45, 7) is 3.56. The van der Waals surface area contributed by atoms with Crippen molar-refractivity contribution in [2.45, 2.75) is 31.4 Å². The van der Waals surface area contributed by atoms with Gasteiger partial charge in [-0.2, -0.15) is 0 Å². The van der Waals surface area contributed by atoms with Gasteiger partial charge in [-0.25, -0.2) is 13.6 Å². The van der Waals surface area contributed by atoms with E-state index in [2.05, 4.69) is 5.32 Å². The molecule has 0 bridgehead atoms. The van der Waals surface area contributed by atoms with Crippen molar-refractivity contribution in [2.75, 3.05) is 7.11 Å². The van der Waals surface area contributed by atoms with Crippen molar-refractivity contribution in [3.05, 3.63) is 52.5 Å². The monoisotopic (exact) mass is 412 g/mol. The zero-order chi connectivity index (χ0) is 20.2. The van der Waals surface area contributed by atoms with Crippen molar-refractivity contribution in [3.63, 3.8) is 0 Å². The molecule has 0 saturated carbocycles. The van der Waals surface area contributed by atoms with E-state index in [1.165, 1.54) is 19.2 Å². The number of ether oxygens (including phenoxy) is 2. The van der Waals surface area contributed by atoms with E-state index >= 15 is 0 Å². The van der Waals surface area contributed by atoms with Crippen molar-refractivity contribution in [3.8, 4) is 11.5 Å². The van der Waals surface area contributed by atoms with E-state index in [9.17, 15) is 13.2 Å². The number of benzene rings is 2. The first-order valence-electron chi connectivity index (χ1n) is 8.02. The van der Waals surface area contributed by atoms with E-state index in [-0.39, 0.29) is 23.1 Å². The molecule has 0 saturated heterocycles. The van der Waals surface area contributed by atoms with Crippen LogP contribution in [0.25, 0.3) is 0 Å². The summed E-state index contributed by atoms with van der Waals surface area (Å²) in [6.07, 6.45) is -0.749. The average Bonchev–Trinajstić information content (AvgIpc) is 2.60. The predicted octanol–water partition coefficient (Wildman–Crippen LogP) is 2.39. The third kappa shape index (κ3) is 5.59. The molecule has 27 heavy (non-hydrogen) atoms. The highest BCUT2D eigenvalue weighted by molar-refractivity contribution is 7.89. The van der Waals surface area contributed by atoms with E-state index in [1.54, 1.807) is 31.2 Å². The van der Waals surface area contributed by atoms with Gasteiger partial charge in [-0.1, -0.05) is 17.7 Å². The fourth-order valence-corrected chi connectivity index (χ4v) is 3.35. The van der Waals surface area contributed by atoms with Crippen molar-refractivity contribution in [1.82, 2.24) is 5.32 Å². The Bertz CT molecular complexity index is 947. The molecule has 9 heteroatoms. The van der Waals surface area contributed by atoms with E-state index in [4.69, 9.17) is 26.2 Å². The number of methoxy groups -OCH3 is 1. The van der Waals surface area contributed by atoms with Crippen LogP contribution in [0.3, 0.4) is 0 Å². The minimum Gasteiger partial charge on any atom is -0.495 e. The third-order valence-corrected chi connectivity index (χ3v) is 4.98. The third-order valence-electron chi connectivity index (χ3n) is 3.81. The lowest BCUT2D eigenvalue weighted by Gasteiger charge is -2.17. The lowest BCUT2D eigenvalue weighted by Crippen LogP contribution is -2.36. The molecule has 2 aromatic rings. The second-order valence-electron chi connectivity index (χ2n) is 5.92. The molecule has 0 radical (unpaired) electrons. The maximum Gasteiger partial charge on any atom is 0.261 e. The van der Waals surface area contributed by atoms with E-state index in [0.29, 0.717) is 16.3 Å². The Morgan fingerprint density at radius 3 is 2.48 bits per heavy atom. The molecule has 1 atom stereocenters. The summed E-state index contributed by atoms with van der Waals surface area (Å²) >= 11 is 5.90. The molecule has 1 amide bonds. The maximum atomic E-state index is 12.3. The number of nitrogens with one attached hydrogen (secondary N) is 1.